The average molecular weight is 473 g/mol. The van der Waals surface area contributed by atoms with Crippen LogP contribution in [0.25, 0.3) is 0 Å². The van der Waals surface area contributed by atoms with Crippen LogP contribution in [0.2, 0.25) is 0 Å². The summed E-state index contributed by atoms with van der Waals surface area (Å²) in [6, 6.07) is 0. The van der Waals surface area contributed by atoms with E-state index in [9.17, 15) is 18.1 Å². The van der Waals surface area contributed by atoms with Crippen molar-refractivity contribution in [3.63, 3.8) is 0 Å². The smallest absolute Gasteiger partial charge is 0.748 e. The van der Waals surface area contributed by atoms with Crippen molar-refractivity contribution in [2.45, 2.75) is 154 Å². The van der Waals surface area contributed by atoms with E-state index >= 15 is 0 Å². The zero-order valence-electron chi connectivity index (χ0n) is 20.4. The summed E-state index contributed by atoms with van der Waals surface area (Å²) >= 11 is 0. The second-order valence-electron chi connectivity index (χ2n) is 8.87. The fraction of sp³-hybridized carbons (Fsp3) is 1.00. The van der Waals surface area contributed by atoms with Gasteiger partial charge < -0.3 is 9.66 Å². The predicted octanol–water partition coefficient (Wildman–Crippen LogP) is 4.11. The van der Waals surface area contributed by atoms with Crippen molar-refractivity contribution in [1.29, 1.82) is 0 Å². The minimum atomic E-state index is -4.27. The Labute approximate surface area is 230 Å². The van der Waals surface area contributed by atoms with Crippen LogP contribution in [0.1, 0.15) is 142 Å². The molecule has 30 heavy (non-hydrogen) atoms. The Morgan fingerprint density at radius 1 is 0.600 bits per heavy atom. The topological polar surface area (TPSA) is 77.4 Å². The molecule has 0 aromatic heterocycles. The van der Waals surface area contributed by atoms with Crippen LogP contribution in [-0.2, 0) is 10.1 Å². The molecule has 0 radical (unpaired) electrons. The fourth-order valence-corrected chi connectivity index (χ4v) is 4.86. The Kier molecular flexibility index (Phi) is 26.6. The van der Waals surface area contributed by atoms with Gasteiger partial charge >= 0.3 is 51.4 Å². The number of aliphatic hydroxyl groups excluding tert-OH is 1. The van der Waals surface area contributed by atoms with Gasteiger partial charge in [-0.15, -0.1) is 0 Å². The zero-order valence-corrected chi connectivity index (χ0v) is 24.3. The maximum absolute atomic E-state index is 11.5. The normalized spacial score (nSPS) is 13.7. The molecule has 0 amide bonds. The Hall–Kier alpha value is 1.51. The number of hydrogen-bond donors (Lipinski definition) is 1. The molecule has 0 saturated carbocycles. The van der Waals surface area contributed by atoms with Crippen LogP contribution in [0.4, 0.5) is 0 Å². The van der Waals surface area contributed by atoms with Crippen molar-refractivity contribution in [3.05, 3.63) is 0 Å². The minimum absolute atomic E-state index is 0. The Bertz CT molecular complexity index is 442. The van der Waals surface area contributed by atoms with E-state index in [4.69, 9.17) is 0 Å². The first-order valence-corrected chi connectivity index (χ1v) is 14.0. The van der Waals surface area contributed by atoms with E-state index in [1.807, 2.05) is 0 Å². The maximum Gasteiger partial charge on any atom is 1.00 e. The third-order valence-corrected chi connectivity index (χ3v) is 7.29. The van der Waals surface area contributed by atoms with E-state index < -0.39 is 21.5 Å². The van der Waals surface area contributed by atoms with Gasteiger partial charge in [-0.3, -0.25) is 0 Å². The van der Waals surface area contributed by atoms with E-state index in [0.717, 1.165) is 38.5 Å². The fourth-order valence-electron chi connectivity index (χ4n) is 3.98. The van der Waals surface area contributed by atoms with Gasteiger partial charge in [0.05, 0.1) is 16.2 Å². The molecule has 2 atom stereocenters. The van der Waals surface area contributed by atoms with Crippen molar-refractivity contribution in [2.75, 3.05) is 0 Å². The Morgan fingerprint density at radius 3 is 1.37 bits per heavy atom. The minimum Gasteiger partial charge on any atom is -0.748 e. The van der Waals surface area contributed by atoms with E-state index in [1.165, 1.54) is 70.6 Å². The summed E-state index contributed by atoms with van der Waals surface area (Å²) in [4.78, 5) is 0. The molecule has 1 N–H and O–H groups in total. The molecular formula is C24H49KO4S. The number of hydrogen-bond acceptors (Lipinski definition) is 4. The van der Waals surface area contributed by atoms with Gasteiger partial charge in [0.15, 0.2) is 0 Å². The molecular weight excluding hydrogens is 423 g/mol. The van der Waals surface area contributed by atoms with E-state index in [-0.39, 0.29) is 51.4 Å². The first kappa shape index (κ1) is 33.7. The van der Waals surface area contributed by atoms with Gasteiger partial charge in [0.2, 0.25) is 0 Å². The van der Waals surface area contributed by atoms with Crippen molar-refractivity contribution in [1.82, 2.24) is 0 Å². The average Bonchev–Trinajstić information content (AvgIpc) is 2.67. The molecule has 4 nitrogen and oxygen atoms in total. The van der Waals surface area contributed by atoms with Crippen LogP contribution in [0.15, 0.2) is 0 Å². The van der Waals surface area contributed by atoms with E-state index in [2.05, 4.69) is 13.8 Å². The first-order valence-electron chi connectivity index (χ1n) is 12.5. The summed E-state index contributed by atoms with van der Waals surface area (Å²) in [5, 5.41) is 9.34. The molecule has 6 heteroatoms. The molecule has 0 spiro atoms. The molecule has 0 aromatic rings. The quantitative estimate of drug-likeness (QED) is 0.146. The summed E-state index contributed by atoms with van der Waals surface area (Å²) < 4.78 is 34.6. The number of unbranched alkanes of at least 4 members (excludes halogenated alkanes) is 14. The van der Waals surface area contributed by atoms with Crippen molar-refractivity contribution in [3.8, 4) is 0 Å². The van der Waals surface area contributed by atoms with Crippen LogP contribution in [0.3, 0.4) is 0 Å². The molecule has 0 fully saturated rings. The van der Waals surface area contributed by atoms with Gasteiger partial charge in [0.1, 0.15) is 0 Å². The van der Waals surface area contributed by atoms with Crippen LogP contribution >= 0.6 is 0 Å². The van der Waals surface area contributed by atoms with Crippen LogP contribution in [0, 0.1) is 0 Å². The molecule has 0 bridgehead atoms. The standard InChI is InChI=1S/C24H50O4S.K/c1-3-5-7-9-11-12-14-15-17-19-23(25)21-22-24(29(26,27)28)20-18-16-13-10-8-6-4-2;/h23-25H,3-22H2,1-2H3,(H,26,27,28);/q;+1/p-1. The summed E-state index contributed by atoms with van der Waals surface area (Å²) in [5.74, 6) is 0. The largest absolute Gasteiger partial charge is 1.00 e. The predicted molar refractivity (Wildman–Crippen MR) is 123 cm³/mol. The summed E-state index contributed by atoms with van der Waals surface area (Å²) in [6.07, 6.45) is 20.5. The molecule has 176 valence electrons. The number of aliphatic hydroxyl groups is 1. The van der Waals surface area contributed by atoms with E-state index in [0.29, 0.717) is 19.3 Å². The van der Waals surface area contributed by atoms with E-state index in [1.54, 1.807) is 0 Å². The van der Waals surface area contributed by atoms with Crippen molar-refractivity contribution < 1.29 is 69.5 Å². The second-order valence-corrected chi connectivity index (χ2v) is 10.5. The van der Waals surface area contributed by atoms with Gasteiger partial charge in [-0.05, 0) is 25.7 Å². The summed E-state index contributed by atoms with van der Waals surface area (Å²) in [5.41, 5.74) is 0. The molecule has 0 aliphatic rings. The van der Waals surface area contributed by atoms with Gasteiger partial charge in [-0.2, -0.15) is 0 Å². The molecule has 0 aliphatic heterocycles. The molecule has 2 unspecified atom stereocenters. The molecule has 0 rings (SSSR count). The Morgan fingerprint density at radius 2 is 0.967 bits per heavy atom. The first-order chi connectivity index (χ1) is 13.9. The van der Waals surface area contributed by atoms with Gasteiger partial charge in [-0.25, -0.2) is 8.42 Å². The summed E-state index contributed by atoms with van der Waals surface area (Å²) in [7, 11) is -4.27. The third kappa shape index (κ3) is 22.7. The van der Waals surface area contributed by atoms with Gasteiger partial charge in [0, 0.05) is 5.25 Å². The van der Waals surface area contributed by atoms with Crippen LogP contribution in [0.5, 0.6) is 0 Å². The molecule has 0 heterocycles. The van der Waals surface area contributed by atoms with Crippen LogP contribution in [-0.4, -0.2) is 29.4 Å². The van der Waals surface area contributed by atoms with Crippen molar-refractivity contribution in [2.24, 2.45) is 0 Å². The maximum atomic E-state index is 11.5. The Balaban J connectivity index is 0. The summed E-state index contributed by atoms with van der Waals surface area (Å²) in [6.45, 7) is 4.42. The zero-order chi connectivity index (χ0) is 21.8. The van der Waals surface area contributed by atoms with Crippen molar-refractivity contribution >= 4 is 10.1 Å². The van der Waals surface area contributed by atoms with Gasteiger partial charge in [0.25, 0.3) is 0 Å². The molecule has 0 aliphatic carbocycles. The monoisotopic (exact) mass is 472 g/mol. The number of rotatable bonds is 22. The SMILES string of the molecule is CCCCCCCCCCCC(O)CCC(CCCCCCCCC)S(=O)(=O)[O-].[K+]. The molecule has 0 saturated heterocycles. The van der Waals surface area contributed by atoms with Crippen LogP contribution < -0.4 is 51.4 Å². The molecule has 0 aromatic carbocycles. The second kappa shape index (κ2) is 23.7. The third-order valence-electron chi connectivity index (χ3n) is 6.00. The van der Waals surface area contributed by atoms with Gasteiger partial charge in [-0.1, -0.05) is 117 Å².